The number of ether oxygens (including phenoxy) is 2. The molecule has 0 radical (unpaired) electrons. The third-order valence-electron chi connectivity index (χ3n) is 3.38. The molecule has 2 rings (SSSR count). The number of rotatable bonds is 7. The van der Waals surface area contributed by atoms with Gasteiger partial charge in [0.1, 0.15) is 0 Å². The number of carbonyl (C=O) groups is 1. The number of amides is 1. The minimum Gasteiger partial charge on any atom is -0.493 e. The van der Waals surface area contributed by atoms with E-state index in [-0.39, 0.29) is 17.5 Å². The smallest absolute Gasteiger partial charge is 0.251 e. The summed E-state index contributed by atoms with van der Waals surface area (Å²) in [7, 11) is -0.451. The van der Waals surface area contributed by atoms with Crippen molar-refractivity contribution in [2.45, 2.75) is 6.54 Å². The summed E-state index contributed by atoms with van der Waals surface area (Å²) in [6.45, 7) is 0.212. The van der Waals surface area contributed by atoms with Crippen molar-refractivity contribution in [3.8, 4) is 11.5 Å². The summed E-state index contributed by atoms with van der Waals surface area (Å²) in [4.78, 5) is 12.4. The van der Waals surface area contributed by atoms with Gasteiger partial charge < -0.3 is 14.8 Å². The van der Waals surface area contributed by atoms with Crippen LogP contribution in [0, 0.1) is 0 Å². The summed E-state index contributed by atoms with van der Waals surface area (Å²) in [6, 6.07) is 9.75. The van der Waals surface area contributed by atoms with E-state index in [1.807, 2.05) is 0 Å². The molecule has 0 atom stereocenters. The lowest BCUT2D eigenvalue weighted by Crippen LogP contribution is -2.23. The van der Waals surface area contributed by atoms with Crippen LogP contribution in [0.5, 0.6) is 11.5 Å². The van der Waals surface area contributed by atoms with E-state index in [1.54, 1.807) is 24.3 Å². The van der Waals surface area contributed by atoms with E-state index < -0.39 is 10.0 Å². The Morgan fingerprint density at radius 2 is 1.88 bits per heavy atom. The summed E-state index contributed by atoms with van der Waals surface area (Å²) < 4.78 is 35.3. The molecular formula is C17H19ClN2O5S. The van der Waals surface area contributed by atoms with Crippen LogP contribution in [-0.2, 0) is 16.6 Å². The van der Waals surface area contributed by atoms with Gasteiger partial charge in [-0.3, -0.25) is 9.52 Å². The molecule has 0 spiro atoms. The highest BCUT2D eigenvalue weighted by Crippen LogP contribution is 2.35. The predicted molar refractivity (Wildman–Crippen MR) is 101 cm³/mol. The molecule has 26 heavy (non-hydrogen) atoms. The molecule has 140 valence electrons. The largest absolute Gasteiger partial charge is 0.493 e. The van der Waals surface area contributed by atoms with Gasteiger partial charge in [-0.2, -0.15) is 0 Å². The molecule has 0 bridgehead atoms. The molecule has 9 heteroatoms. The Morgan fingerprint density at radius 3 is 2.50 bits per heavy atom. The Bertz CT molecular complexity index is 915. The van der Waals surface area contributed by atoms with Gasteiger partial charge in [0, 0.05) is 17.8 Å². The Hall–Kier alpha value is -2.45. The molecule has 0 saturated heterocycles. The van der Waals surface area contributed by atoms with Gasteiger partial charge in [-0.15, -0.1) is 0 Å². The number of sulfonamides is 1. The van der Waals surface area contributed by atoms with Crippen LogP contribution >= 0.6 is 11.6 Å². The van der Waals surface area contributed by atoms with E-state index in [2.05, 4.69) is 10.0 Å². The number of halogens is 1. The van der Waals surface area contributed by atoms with Gasteiger partial charge in [0.05, 0.1) is 25.5 Å². The number of benzene rings is 2. The summed E-state index contributed by atoms with van der Waals surface area (Å²) in [6.07, 6.45) is 1.07. The van der Waals surface area contributed by atoms with Crippen molar-refractivity contribution < 1.29 is 22.7 Å². The molecule has 2 aromatic carbocycles. The van der Waals surface area contributed by atoms with E-state index in [0.29, 0.717) is 22.7 Å². The zero-order valence-corrected chi connectivity index (χ0v) is 16.1. The van der Waals surface area contributed by atoms with Crippen LogP contribution in [0.4, 0.5) is 5.69 Å². The summed E-state index contributed by atoms with van der Waals surface area (Å²) in [5, 5.41) is 3.01. The second-order valence-electron chi connectivity index (χ2n) is 5.45. The molecule has 2 aromatic rings. The fourth-order valence-corrected chi connectivity index (χ4v) is 3.14. The normalized spacial score (nSPS) is 10.9. The molecule has 0 aliphatic heterocycles. The maximum atomic E-state index is 12.4. The average molecular weight is 399 g/mol. The van der Waals surface area contributed by atoms with E-state index in [1.165, 1.54) is 26.4 Å². The van der Waals surface area contributed by atoms with Crippen LogP contribution in [0.2, 0.25) is 5.02 Å². The summed E-state index contributed by atoms with van der Waals surface area (Å²) in [5.74, 6) is 0.351. The molecule has 0 fully saturated rings. The number of carbonyl (C=O) groups excluding carboxylic acids is 1. The van der Waals surface area contributed by atoms with Crippen LogP contribution in [0.3, 0.4) is 0 Å². The molecule has 0 unspecified atom stereocenters. The van der Waals surface area contributed by atoms with Gasteiger partial charge in [-0.1, -0.05) is 23.7 Å². The monoisotopic (exact) mass is 398 g/mol. The molecule has 0 aliphatic rings. The minimum atomic E-state index is -3.37. The van der Waals surface area contributed by atoms with Gasteiger partial charge in [-0.05, 0) is 29.8 Å². The molecule has 0 heterocycles. The highest BCUT2D eigenvalue weighted by Gasteiger charge is 2.15. The summed E-state index contributed by atoms with van der Waals surface area (Å²) in [5.41, 5.74) is 1.48. The standard InChI is InChI=1S/C17H19ClN2O5S/c1-24-15-9-12(8-14(18)16(15)25-2)17(21)19-10-11-5-4-6-13(7-11)20-26(3,22)23/h4-9,20H,10H2,1-3H3,(H,19,21). The topological polar surface area (TPSA) is 93.7 Å². The number of hydrogen-bond acceptors (Lipinski definition) is 5. The maximum absolute atomic E-state index is 12.4. The van der Waals surface area contributed by atoms with Crippen molar-refractivity contribution >= 4 is 33.2 Å². The Balaban J connectivity index is 2.12. The van der Waals surface area contributed by atoms with E-state index in [4.69, 9.17) is 21.1 Å². The van der Waals surface area contributed by atoms with E-state index in [9.17, 15) is 13.2 Å². The third kappa shape index (κ3) is 5.27. The van der Waals surface area contributed by atoms with Crippen LogP contribution in [-0.4, -0.2) is 34.8 Å². The SMILES string of the molecule is COc1cc(C(=O)NCc2cccc(NS(C)(=O)=O)c2)cc(Cl)c1OC. The van der Waals surface area contributed by atoms with Gasteiger partial charge in [0.15, 0.2) is 11.5 Å². The quantitative estimate of drug-likeness (QED) is 0.747. The molecular weight excluding hydrogens is 380 g/mol. The van der Waals surface area contributed by atoms with Crippen molar-refractivity contribution in [2.24, 2.45) is 0 Å². The Kier molecular flexibility index (Phi) is 6.33. The fraction of sp³-hybridized carbons (Fsp3) is 0.235. The van der Waals surface area contributed by atoms with Crippen molar-refractivity contribution in [2.75, 3.05) is 25.2 Å². The predicted octanol–water partition coefficient (Wildman–Crippen LogP) is 2.66. The van der Waals surface area contributed by atoms with Crippen molar-refractivity contribution in [3.63, 3.8) is 0 Å². The second-order valence-corrected chi connectivity index (χ2v) is 7.61. The van der Waals surface area contributed by atoms with Crippen LogP contribution in [0.15, 0.2) is 36.4 Å². The van der Waals surface area contributed by atoms with Crippen molar-refractivity contribution in [3.05, 3.63) is 52.5 Å². The molecule has 1 amide bonds. The molecule has 2 N–H and O–H groups in total. The zero-order valence-electron chi connectivity index (χ0n) is 14.5. The minimum absolute atomic E-state index is 0.212. The van der Waals surface area contributed by atoms with Crippen molar-refractivity contribution in [1.82, 2.24) is 5.32 Å². The average Bonchev–Trinajstić information content (AvgIpc) is 2.57. The van der Waals surface area contributed by atoms with E-state index >= 15 is 0 Å². The number of nitrogens with one attached hydrogen (secondary N) is 2. The van der Waals surface area contributed by atoms with Gasteiger partial charge in [0.25, 0.3) is 5.91 Å². The first-order valence-electron chi connectivity index (χ1n) is 7.50. The maximum Gasteiger partial charge on any atom is 0.251 e. The zero-order chi connectivity index (χ0) is 19.3. The summed E-state index contributed by atoms with van der Waals surface area (Å²) >= 11 is 6.11. The van der Waals surface area contributed by atoms with Gasteiger partial charge in [-0.25, -0.2) is 8.42 Å². The first-order valence-corrected chi connectivity index (χ1v) is 9.77. The molecule has 7 nitrogen and oxygen atoms in total. The number of methoxy groups -OCH3 is 2. The van der Waals surface area contributed by atoms with E-state index in [0.717, 1.165) is 11.8 Å². The lowest BCUT2D eigenvalue weighted by molar-refractivity contribution is 0.0950. The molecule has 0 saturated carbocycles. The third-order valence-corrected chi connectivity index (χ3v) is 4.27. The molecule has 0 aliphatic carbocycles. The highest BCUT2D eigenvalue weighted by molar-refractivity contribution is 7.92. The lowest BCUT2D eigenvalue weighted by Gasteiger charge is -2.12. The van der Waals surface area contributed by atoms with Crippen molar-refractivity contribution in [1.29, 1.82) is 0 Å². The highest BCUT2D eigenvalue weighted by atomic mass is 35.5. The number of anilines is 1. The Morgan fingerprint density at radius 1 is 1.15 bits per heavy atom. The first-order chi connectivity index (χ1) is 12.2. The number of hydrogen-bond donors (Lipinski definition) is 2. The van der Waals surface area contributed by atoms with Crippen LogP contribution < -0.4 is 19.5 Å². The fourth-order valence-electron chi connectivity index (χ4n) is 2.29. The molecule has 0 aromatic heterocycles. The van der Waals surface area contributed by atoms with Gasteiger partial charge >= 0.3 is 0 Å². The Labute approximate surface area is 157 Å². The first kappa shape index (κ1) is 19.9. The van der Waals surface area contributed by atoms with Crippen LogP contribution in [0.1, 0.15) is 15.9 Å². The van der Waals surface area contributed by atoms with Gasteiger partial charge in [0.2, 0.25) is 10.0 Å². The lowest BCUT2D eigenvalue weighted by atomic mass is 10.1. The second kappa shape index (κ2) is 8.29. The van der Waals surface area contributed by atoms with Crippen LogP contribution in [0.25, 0.3) is 0 Å².